The molecule has 0 spiro atoms. The summed E-state index contributed by atoms with van der Waals surface area (Å²) in [7, 11) is 0. The molecule has 0 bridgehead atoms. The van der Waals surface area contributed by atoms with Crippen molar-refractivity contribution in [3.8, 4) is 0 Å². The summed E-state index contributed by atoms with van der Waals surface area (Å²) in [6, 6.07) is 0. The second-order valence-corrected chi connectivity index (χ2v) is 20.9. The van der Waals surface area contributed by atoms with Crippen molar-refractivity contribution in [2.45, 2.75) is 322 Å². The molecule has 0 fully saturated rings. The van der Waals surface area contributed by atoms with Crippen molar-refractivity contribution in [3.05, 3.63) is 72.9 Å². The van der Waals surface area contributed by atoms with Crippen molar-refractivity contribution in [2.24, 2.45) is 0 Å². The number of carbonyl (C=O) groups is 3. The van der Waals surface area contributed by atoms with Crippen molar-refractivity contribution in [2.75, 3.05) is 13.2 Å². The van der Waals surface area contributed by atoms with Crippen LogP contribution in [0.25, 0.3) is 0 Å². The van der Waals surface area contributed by atoms with Gasteiger partial charge in [0.25, 0.3) is 0 Å². The number of allylic oxidation sites excluding steroid dienone is 12. The number of rotatable bonds is 57. The van der Waals surface area contributed by atoms with Crippen molar-refractivity contribution in [1.29, 1.82) is 0 Å². The highest BCUT2D eigenvalue weighted by Gasteiger charge is 2.19. The molecule has 0 N–H and O–H groups in total. The molecule has 0 aromatic carbocycles. The molecule has 0 saturated carbocycles. The van der Waals surface area contributed by atoms with Crippen LogP contribution < -0.4 is 0 Å². The van der Waals surface area contributed by atoms with Gasteiger partial charge in [-0.05, 0) is 89.9 Å². The van der Waals surface area contributed by atoms with Crippen LogP contribution in [0.4, 0.5) is 0 Å². The largest absolute Gasteiger partial charge is 0.462 e. The standard InChI is InChI=1S/C67H118O6/c1-4-7-10-13-16-19-22-25-28-30-32-33-35-36-39-42-45-48-51-54-57-60-66(69)72-63-64(62-71-65(68)59-56-53-50-47-44-41-38-27-24-21-18-15-12-9-6-3)73-67(70)61-58-55-52-49-46-43-40-37-34-31-29-26-23-20-17-14-11-8-5-2/h8,11,17,20,25-26,28-29,34,37,43,46,64H,4-7,9-10,12-16,18-19,21-24,27,30-33,35-36,38-42,44-45,47-63H2,1-3H3/b11-8-,20-17-,28-25-,29-26-,37-34-,46-43-/t64-/m0/s1. The van der Waals surface area contributed by atoms with Crippen molar-refractivity contribution in [3.63, 3.8) is 0 Å². The van der Waals surface area contributed by atoms with Crippen molar-refractivity contribution >= 4 is 17.9 Å². The van der Waals surface area contributed by atoms with Gasteiger partial charge in [0.15, 0.2) is 6.10 Å². The molecule has 0 aliphatic heterocycles. The number of carbonyl (C=O) groups excluding carboxylic acids is 3. The summed E-state index contributed by atoms with van der Waals surface area (Å²) in [6.45, 7) is 6.54. The smallest absolute Gasteiger partial charge is 0.306 e. The van der Waals surface area contributed by atoms with E-state index in [9.17, 15) is 14.4 Å². The van der Waals surface area contributed by atoms with Gasteiger partial charge in [-0.25, -0.2) is 0 Å². The van der Waals surface area contributed by atoms with Gasteiger partial charge in [0.1, 0.15) is 13.2 Å². The van der Waals surface area contributed by atoms with Crippen LogP contribution in [0, 0.1) is 0 Å². The molecular weight excluding hydrogens is 901 g/mol. The molecule has 0 amide bonds. The van der Waals surface area contributed by atoms with Crippen LogP contribution in [0.15, 0.2) is 72.9 Å². The van der Waals surface area contributed by atoms with Gasteiger partial charge in [-0.3, -0.25) is 14.4 Å². The van der Waals surface area contributed by atoms with E-state index < -0.39 is 6.10 Å². The molecule has 6 nitrogen and oxygen atoms in total. The fourth-order valence-electron chi connectivity index (χ4n) is 9.00. The zero-order valence-electron chi connectivity index (χ0n) is 48.4. The van der Waals surface area contributed by atoms with E-state index in [-0.39, 0.29) is 31.1 Å². The molecule has 422 valence electrons. The van der Waals surface area contributed by atoms with Crippen LogP contribution in [0.2, 0.25) is 0 Å². The Hall–Kier alpha value is -3.15. The minimum atomic E-state index is -0.792. The lowest BCUT2D eigenvalue weighted by Crippen LogP contribution is -2.30. The summed E-state index contributed by atoms with van der Waals surface area (Å²) in [4.78, 5) is 38.3. The zero-order chi connectivity index (χ0) is 52.9. The second-order valence-electron chi connectivity index (χ2n) is 20.9. The maximum Gasteiger partial charge on any atom is 0.306 e. The van der Waals surface area contributed by atoms with E-state index in [4.69, 9.17) is 14.2 Å². The normalized spacial score (nSPS) is 12.5. The predicted molar refractivity (Wildman–Crippen MR) is 316 cm³/mol. The third kappa shape index (κ3) is 59.6. The molecule has 0 aromatic rings. The van der Waals surface area contributed by atoms with Crippen LogP contribution in [0.5, 0.6) is 0 Å². The lowest BCUT2D eigenvalue weighted by atomic mass is 10.0. The first kappa shape index (κ1) is 69.8. The lowest BCUT2D eigenvalue weighted by Gasteiger charge is -2.18. The molecule has 0 aliphatic carbocycles. The van der Waals surface area contributed by atoms with E-state index in [0.717, 1.165) is 96.3 Å². The summed E-state index contributed by atoms with van der Waals surface area (Å²) in [5.74, 6) is -0.904. The van der Waals surface area contributed by atoms with Gasteiger partial charge in [-0.15, -0.1) is 0 Å². The summed E-state index contributed by atoms with van der Waals surface area (Å²) < 4.78 is 16.9. The number of esters is 3. The summed E-state index contributed by atoms with van der Waals surface area (Å²) >= 11 is 0. The minimum absolute atomic E-state index is 0.0859. The van der Waals surface area contributed by atoms with Crippen LogP contribution in [0.3, 0.4) is 0 Å². The van der Waals surface area contributed by atoms with Gasteiger partial charge in [0.2, 0.25) is 0 Å². The fourth-order valence-corrected chi connectivity index (χ4v) is 9.00. The molecule has 0 unspecified atom stereocenters. The first-order chi connectivity index (χ1) is 36.0. The highest BCUT2D eigenvalue weighted by Crippen LogP contribution is 2.17. The van der Waals surface area contributed by atoms with Gasteiger partial charge in [-0.2, -0.15) is 0 Å². The Labute approximate surface area is 453 Å². The van der Waals surface area contributed by atoms with Gasteiger partial charge < -0.3 is 14.2 Å². The number of hydrogen-bond donors (Lipinski definition) is 0. The van der Waals surface area contributed by atoms with Crippen molar-refractivity contribution in [1.82, 2.24) is 0 Å². The highest BCUT2D eigenvalue weighted by molar-refractivity contribution is 5.71. The van der Waals surface area contributed by atoms with Gasteiger partial charge in [0.05, 0.1) is 0 Å². The number of hydrogen-bond acceptors (Lipinski definition) is 6. The minimum Gasteiger partial charge on any atom is -0.462 e. The zero-order valence-corrected chi connectivity index (χ0v) is 48.4. The molecule has 0 heterocycles. The van der Waals surface area contributed by atoms with E-state index in [0.29, 0.717) is 19.3 Å². The molecule has 73 heavy (non-hydrogen) atoms. The molecule has 0 rings (SSSR count). The Balaban J connectivity index is 4.39. The average molecular weight is 1020 g/mol. The highest BCUT2D eigenvalue weighted by atomic mass is 16.6. The SMILES string of the molecule is CC/C=C\C/C=C\C/C=C\C/C=C\C/C=C\CCCCCC(=O)O[C@H](COC(=O)CCCCCCCCCCCCC/C=C\CCCCCCCC)COC(=O)CCCCCCCCCCCCCCCCC. The van der Waals surface area contributed by atoms with E-state index in [2.05, 4.69) is 93.7 Å². The first-order valence-corrected chi connectivity index (χ1v) is 31.4. The van der Waals surface area contributed by atoms with E-state index >= 15 is 0 Å². The Morgan fingerprint density at radius 3 is 0.863 bits per heavy atom. The molecule has 6 heteroatoms. The summed E-state index contributed by atoms with van der Waals surface area (Å²) in [5.41, 5.74) is 0. The molecule has 0 radical (unpaired) electrons. The fraction of sp³-hybridized carbons (Fsp3) is 0.776. The number of ether oxygens (including phenoxy) is 3. The molecular formula is C67H118O6. The predicted octanol–water partition coefficient (Wildman–Crippen LogP) is 21.3. The van der Waals surface area contributed by atoms with Crippen molar-refractivity contribution < 1.29 is 28.6 Å². The quantitative estimate of drug-likeness (QED) is 0.0261. The Morgan fingerprint density at radius 2 is 0.534 bits per heavy atom. The topological polar surface area (TPSA) is 78.9 Å². The third-order valence-corrected chi connectivity index (χ3v) is 13.7. The first-order valence-electron chi connectivity index (χ1n) is 31.4. The maximum absolute atomic E-state index is 12.9. The Morgan fingerprint density at radius 1 is 0.288 bits per heavy atom. The molecule has 0 aromatic heterocycles. The summed E-state index contributed by atoms with van der Waals surface area (Å²) in [6.07, 6.45) is 79.0. The van der Waals surface area contributed by atoms with E-state index in [1.165, 1.54) is 180 Å². The molecule has 0 saturated heterocycles. The van der Waals surface area contributed by atoms with Crippen LogP contribution >= 0.6 is 0 Å². The third-order valence-electron chi connectivity index (χ3n) is 13.7. The van der Waals surface area contributed by atoms with Gasteiger partial charge in [0, 0.05) is 19.3 Å². The monoisotopic (exact) mass is 1020 g/mol. The van der Waals surface area contributed by atoms with Gasteiger partial charge in [-0.1, -0.05) is 280 Å². The molecule has 0 aliphatic rings. The Kier molecular flexibility index (Phi) is 58.7. The maximum atomic E-state index is 12.9. The Bertz CT molecular complexity index is 1360. The summed E-state index contributed by atoms with van der Waals surface area (Å²) in [5, 5.41) is 0. The van der Waals surface area contributed by atoms with Crippen LogP contribution in [-0.4, -0.2) is 37.2 Å². The number of unbranched alkanes of at least 4 members (excludes halogenated alkanes) is 34. The average Bonchev–Trinajstić information content (AvgIpc) is 3.39. The van der Waals surface area contributed by atoms with E-state index in [1.807, 2.05) is 0 Å². The molecule has 1 atom stereocenters. The lowest BCUT2D eigenvalue weighted by molar-refractivity contribution is -0.167. The van der Waals surface area contributed by atoms with Crippen LogP contribution in [0.1, 0.15) is 316 Å². The van der Waals surface area contributed by atoms with E-state index in [1.54, 1.807) is 0 Å². The van der Waals surface area contributed by atoms with Crippen LogP contribution in [-0.2, 0) is 28.6 Å². The second kappa shape index (κ2) is 61.4. The van der Waals surface area contributed by atoms with Gasteiger partial charge >= 0.3 is 17.9 Å².